The number of carbonyl (C=O) groups is 1. The maximum absolute atomic E-state index is 14.4. The Kier molecular flexibility index (Phi) is 6.23. The van der Waals surface area contributed by atoms with Crippen LogP contribution < -0.4 is 10.1 Å². The molecule has 4 rings (SSSR count). The topological polar surface area (TPSA) is 97.2 Å². The van der Waals surface area contributed by atoms with E-state index in [0.29, 0.717) is 5.02 Å². The molecule has 0 fully saturated rings. The molecule has 0 saturated heterocycles. The van der Waals surface area contributed by atoms with Crippen molar-refractivity contribution in [3.8, 4) is 17.1 Å². The van der Waals surface area contributed by atoms with Gasteiger partial charge in [-0.1, -0.05) is 41.9 Å². The van der Waals surface area contributed by atoms with Crippen molar-refractivity contribution >= 4 is 29.1 Å². The largest absolute Gasteiger partial charge is 0.483 e. The molecule has 2 heterocycles. The number of aromatic carboxylic acids is 1. The average molecular weight is 451 g/mol. The van der Waals surface area contributed by atoms with Crippen molar-refractivity contribution in [1.82, 2.24) is 15.0 Å². The number of anilines is 2. The lowest BCUT2D eigenvalue weighted by Crippen LogP contribution is -2.07. The third-order valence-corrected chi connectivity index (χ3v) is 4.70. The normalized spacial score (nSPS) is 10.6. The van der Waals surface area contributed by atoms with Gasteiger partial charge < -0.3 is 15.2 Å². The minimum atomic E-state index is -1.16. The van der Waals surface area contributed by atoms with E-state index in [4.69, 9.17) is 16.3 Å². The molecule has 0 atom stereocenters. The molecule has 2 aromatic heterocycles. The van der Waals surface area contributed by atoms with E-state index >= 15 is 0 Å². The van der Waals surface area contributed by atoms with E-state index in [9.17, 15) is 14.3 Å². The van der Waals surface area contributed by atoms with Crippen LogP contribution in [0, 0.1) is 5.82 Å². The van der Waals surface area contributed by atoms with Crippen molar-refractivity contribution in [2.24, 2.45) is 0 Å². The van der Waals surface area contributed by atoms with Gasteiger partial charge in [0.25, 0.3) is 0 Å². The van der Waals surface area contributed by atoms with Gasteiger partial charge in [0, 0.05) is 17.4 Å². The number of nitrogens with one attached hydrogen (secondary N) is 1. The Hall–Kier alpha value is -4.04. The molecule has 2 aromatic carbocycles. The molecule has 0 aliphatic heterocycles. The summed E-state index contributed by atoms with van der Waals surface area (Å²) in [6.45, 7) is 0.228. The molecular weight excluding hydrogens is 435 g/mol. The fraction of sp³-hybridized carbons (Fsp3) is 0.0435. The summed E-state index contributed by atoms with van der Waals surface area (Å²) in [7, 11) is 0. The summed E-state index contributed by atoms with van der Waals surface area (Å²) in [5, 5.41) is 12.7. The molecule has 0 bridgehead atoms. The number of aromatic nitrogens is 3. The number of nitrogens with zero attached hydrogens (tertiary/aromatic N) is 3. The second-order valence-corrected chi connectivity index (χ2v) is 7.09. The molecule has 160 valence electrons. The van der Waals surface area contributed by atoms with Gasteiger partial charge in [-0.25, -0.2) is 19.2 Å². The molecule has 0 aliphatic rings. The first-order chi connectivity index (χ1) is 15.5. The highest BCUT2D eigenvalue weighted by atomic mass is 35.5. The molecule has 2 N–H and O–H groups in total. The standard InChI is InChI=1S/C23H16ClFN4O3/c24-15-6-7-18(25)16(10-15)21-27-12-20(32-13-14-4-2-1-3-5-14)22(29-21)28-19-8-9-26-11-17(19)23(30)31/h1-12H,13H2,(H,30,31)(H,26,27,28,29). The van der Waals surface area contributed by atoms with Crippen molar-refractivity contribution in [3.63, 3.8) is 0 Å². The zero-order chi connectivity index (χ0) is 22.5. The van der Waals surface area contributed by atoms with Gasteiger partial charge in [-0.05, 0) is 29.8 Å². The highest BCUT2D eigenvalue weighted by Crippen LogP contribution is 2.31. The summed E-state index contributed by atoms with van der Waals surface area (Å²) >= 11 is 6.01. The van der Waals surface area contributed by atoms with Gasteiger partial charge in [-0.15, -0.1) is 0 Å². The lowest BCUT2D eigenvalue weighted by molar-refractivity contribution is 0.0697. The zero-order valence-electron chi connectivity index (χ0n) is 16.5. The van der Waals surface area contributed by atoms with Crippen LogP contribution in [0.5, 0.6) is 5.75 Å². The lowest BCUT2D eigenvalue weighted by Gasteiger charge is -2.15. The Morgan fingerprint density at radius 3 is 2.72 bits per heavy atom. The Morgan fingerprint density at radius 1 is 1.12 bits per heavy atom. The summed E-state index contributed by atoms with van der Waals surface area (Å²) in [4.78, 5) is 24.0. The number of pyridine rings is 1. The first kappa shape index (κ1) is 21.2. The first-order valence-electron chi connectivity index (χ1n) is 9.45. The van der Waals surface area contributed by atoms with Gasteiger partial charge >= 0.3 is 5.97 Å². The van der Waals surface area contributed by atoms with Crippen molar-refractivity contribution < 1.29 is 19.0 Å². The smallest absolute Gasteiger partial charge is 0.339 e. The molecule has 0 radical (unpaired) electrons. The highest BCUT2D eigenvalue weighted by Gasteiger charge is 2.17. The SMILES string of the molecule is O=C(O)c1cnccc1Nc1nc(-c2cc(Cl)ccc2F)ncc1OCc1ccccc1. The molecule has 7 nitrogen and oxygen atoms in total. The van der Waals surface area contributed by atoms with Crippen LogP contribution in [0.2, 0.25) is 5.02 Å². The Labute approximate surface area is 187 Å². The van der Waals surface area contributed by atoms with Crippen molar-refractivity contribution in [2.75, 3.05) is 5.32 Å². The summed E-state index contributed by atoms with van der Waals surface area (Å²) in [6.07, 6.45) is 4.06. The van der Waals surface area contributed by atoms with E-state index in [1.54, 1.807) is 0 Å². The van der Waals surface area contributed by atoms with E-state index in [2.05, 4.69) is 20.3 Å². The first-order valence-corrected chi connectivity index (χ1v) is 9.82. The minimum Gasteiger partial charge on any atom is -0.483 e. The molecule has 0 saturated carbocycles. The molecular formula is C23H16ClFN4O3. The number of carboxylic acids is 1. The van der Waals surface area contributed by atoms with Crippen LogP contribution in [0.1, 0.15) is 15.9 Å². The Balaban J connectivity index is 1.74. The minimum absolute atomic E-state index is 0.0596. The Morgan fingerprint density at radius 2 is 1.94 bits per heavy atom. The monoisotopic (exact) mass is 450 g/mol. The average Bonchev–Trinajstić information content (AvgIpc) is 2.80. The van der Waals surface area contributed by atoms with Gasteiger partial charge in [-0.3, -0.25) is 4.98 Å². The zero-order valence-corrected chi connectivity index (χ0v) is 17.3. The number of carboxylic acid groups (broad SMARTS) is 1. The van der Waals surface area contributed by atoms with Gasteiger partial charge in [0.15, 0.2) is 17.4 Å². The van der Waals surface area contributed by atoms with Crippen LogP contribution in [0.4, 0.5) is 15.9 Å². The lowest BCUT2D eigenvalue weighted by atomic mass is 10.2. The fourth-order valence-electron chi connectivity index (χ4n) is 2.90. The summed E-state index contributed by atoms with van der Waals surface area (Å²) in [5.41, 5.74) is 1.20. The van der Waals surface area contributed by atoms with Crippen molar-refractivity contribution in [3.05, 3.63) is 95.2 Å². The number of benzene rings is 2. The molecule has 0 amide bonds. The van der Waals surface area contributed by atoms with Gasteiger partial charge in [-0.2, -0.15) is 0 Å². The summed E-state index contributed by atoms with van der Waals surface area (Å²) in [6, 6.07) is 15.0. The maximum Gasteiger partial charge on any atom is 0.339 e. The maximum atomic E-state index is 14.4. The van der Waals surface area contributed by atoms with E-state index < -0.39 is 11.8 Å². The molecule has 0 spiro atoms. The number of hydrogen-bond acceptors (Lipinski definition) is 6. The van der Waals surface area contributed by atoms with Crippen LogP contribution >= 0.6 is 11.6 Å². The molecule has 9 heteroatoms. The van der Waals surface area contributed by atoms with Crippen molar-refractivity contribution in [2.45, 2.75) is 6.61 Å². The van der Waals surface area contributed by atoms with Crippen LogP contribution in [0.25, 0.3) is 11.4 Å². The van der Waals surface area contributed by atoms with Gasteiger partial charge in [0.05, 0.1) is 17.4 Å². The van der Waals surface area contributed by atoms with Crippen LogP contribution in [0.15, 0.2) is 73.2 Å². The molecule has 0 aliphatic carbocycles. The quantitative estimate of drug-likeness (QED) is 0.391. The van der Waals surface area contributed by atoms with E-state index in [1.807, 2.05) is 30.3 Å². The summed E-state index contributed by atoms with van der Waals surface area (Å²) in [5.74, 6) is -1.23. The second-order valence-electron chi connectivity index (χ2n) is 6.66. The van der Waals surface area contributed by atoms with Gasteiger partial charge in [0.2, 0.25) is 0 Å². The van der Waals surface area contributed by atoms with E-state index in [0.717, 1.165) is 5.56 Å². The molecule has 4 aromatic rings. The third-order valence-electron chi connectivity index (χ3n) is 4.47. The van der Waals surface area contributed by atoms with Crippen LogP contribution in [0.3, 0.4) is 0 Å². The van der Waals surface area contributed by atoms with E-state index in [1.165, 1.54) is 42.9 Å². The van der Waals surface area contributed by atoms with E-state index in [-0.39, 0.29) is 40.8 Å². The predicted octanol–water partition coefficient (Wildman–Crippen LogP) is 5.35. The third kappa shape index (κ3) is 4.81. The van der Waals surface area contributed by atoms with Gasteiger partial charge in [0.1, 0.15) is 18.0 Å². The highest BCUT2D eigenvalue weighted by molar-refractivity contribution is 6.30. The number of hydrogen-bond donors (Lipinski definition) is 2. The number of rotatable bonds is 7. The van der Waals surface area contributed by atoms with Crippen LogP contribution in [-0.4, -0.2) is 26.0 Å². The molecule has 0 unspecified atom stereocenters. The van der Waals surface area contributed by atoms with Crippen molar-refractivity contribution in [1.29, 1.82) is 0 Å². The Bertz CT molecular complexity index is 1270. The molecule has 32 heavy (non-hydrogen) atoms. The second kappa shape index (κ2) is 9.40. The number of halogens is 2. The predicted molar refractivity (Wildman–Crippen MR) is 118 cm³/mol. The fourth-order valence-corrected chi connectivity index (χ4v) is 3.07. The number of ether oxygens (including phenoxy) is 1. The summed E-state index contributed by atoms with van der Waals surface area (Å²) < 4.78 is 20.2. The van der Waals surface area contributed by atoms with Crippen LogP contribution in [-0.2, 0) is 6.61 Å².